The molecule has 0 radical (unpaired) electrons. The zero-order chi connectivity index (χ0) is 11.6. The van der Waals surface area contributed by atoms with Gasteiger partial charge in [0.1, 0.15) is 0 Å². The number of benzene rings is 1. The molecule has 0 aliphatic carbocycles. The van der Waals surface area contributed by atoms with E-state index in [4.69, 9.17) is 0 Å². The molecule has 1 N–H and O–H groups in total. The first-order chi connectivity index (χ1) is 6.84. The quantitative estimate of drug-likeness (QED) is 0.778. The zero-order valence-electron chi connectivity index (χ0n) is 10.5. The van der Waals surface area contributed by atoms with Gasteiger partial charge >= 0.3 is 0 Å². The first kappa shape index (κ1) is 12.5. The van der Waals surface area contributed by atoms with E-state index in [9.17, 15) is 5.11 Å². The van der Waals surface area contributed by atoms with Crippen molar-refractivity contribution in [2.45, 2.75) is 39.0 Å². The second-order valence-corrected chi connectivity index (χ2v) is 11.0. The van der Waals surface area contributed by atoms with E-state index in [1.807, 2.05) is 0 Å². The Morgan fingerprint density at radius 3 is 1.87 bits per heavy atom. The fourth-order valence-corrected chi connectivity index (χ4v) is 3.80. The Balaban J connectivity index is 3.13. The molecule has 15 heavy (non-hydrogen) atoms. The molecule has 0 fully saturated rings. The van der Waals surface area contributed by atoms with Crippen LogP contribution in [0.15, 0.2) is 18.2 Å². The molecule has 0 saturated heterocycles. The smallest absolute Gasteiger partial charge is 0.0550 e. The summed E-state index contributed by atoms with van der Waals surface area (Å²) in [4.78, 5) is 0. The molecule has 0 heterocycles. The predicted molar refractivity (Wildman–Crippen MR) is 69.1 cm³/mol. The van der Waals surface area contributed by atoms with Gasteiger partial charge in [-0.05, 0) is 19.4 Å². The van der Waals surface area contributed by atoms with Crippen molar-refractivity contribution in [1.82, 2.24) is 0 Å². The van der Waals surface area contributed by atoms with Crippen molar-refractivity contribution in [3.8, 4) is 0 Å². The highest BCUT2D eigenvalue weighted by atomic mass is 28.3. The van der Waals surface area contributed by atoms with E-state index in [1.165, 1.54) is 16.7 Å². The zero-order valence-corrected chi connectivity index (χ0v) is 11.5. The molecule has 1 atom stereocenters. The van der Waals surface area contributed by atoms with E-state index in [0.717, 1.165) is 0 Å². The van der Waals surface area contributed by atoms with Crippen molar-refractivity contribution in [3.63, 3.8) is 0 Å². The summed E-state index contributed by atoms with van der Waals surface area (Å²) < 4.78 is 0. The van der Waals surface area contributed by atoms with Crippen LogP contribution in [-0.4, -0.2) is 19.8 Å². The molecule has 0 aliphatic rings. The third kappa shape index (κ3) is 3.18. The number of hydrogen-bond donors (Lipinski definition) is 1. The molecule has 84 valence electrons. The van der Waals surface area contributed by atoms with Gasteiger partial charge in [-0.3, -0.25) is 0 Å². The lowest BCUT2D eigenvalue weighted by atomic mass is 10.1. The Kier molecular flexibility index (Phi) is 3.74. The summed E-state index contributed by atoms with van der Waals surface area (Å²) in [5.74, 6) is 0. The van der Waals surface area contributed by atoms with Crippen LogP contribution < -0.4 is 0 Å². The molecule has 1 unspecified atom stereocenters. The van der Waals surface area contributed by atoms with Gasteiger partial charge in [-0.1, -0.05) is 49.0 Å². The molecule has 1 aromatic carbocycles. The summed E-state index contributed by atoms with van der Waals surface area (Å²) in [6, 6.07) is 6.61. The summed E-state index contributed by atoms with van der Waals surface area (Å²) in [5.41, 5.74) is 4.26. The minimum Gasteiger partial charge on any atom is -0.396 e. The summed E-state index contributed by atoms with van der Waals surface area (Å²) in [6.07, 6.45) is 0. The van der Waals surface area contributed by atoms with Gasteiger partial charge in [0.15, 0.2) is 0 Å². The lowest BCUT2D eigenvalue weighted by Crippen LogP contribution is -2.33. The molecule has 0 bridgehead atoms. The van der Waals surface area contributed by atoms with E-state index >= 15 is 0 Å². The third-order valence-electron chi connectivity index (χ3n) is 2.87. The highest BCUT2D eigenvalue weighted by Crippen LogP contribution is 2.27. The van der Waals surface area contributed by atoms with Gasteiger partial charge in [0.25, 0.3) is 0 Å². The van der Waals surface area contributed by atoms with Gasteiger partial charge in [0.05, 0.1) is 8.07 Å². The number of hydrogen-bond acceptors (Lipinski definition) is 1. The van der Waals surface area contributed by atoms with Crippen molar-refractivity contribution in [3.05, 3.63) is 34.9 Å². The molecule has 0 aliphatic heterocycles. The SMILES string of the molecule is Cc1cc(C)cc(C(CO)[Si](C)(C)C)c1. The maximum atomic E-state index is 9.53. The molecule has 0 spiro atoms. The Labute approximate surface area is 94.2 Å². The Morgan fingerprint density at radius 2 is 1.53 bits per heavy atom. The summed E-state index contributed by atoms with van der Waals surface area (Å²) in [5, 5.41) is 9.53. The highest BCUT2D eigenvalue weighted by Gasteiger charge is 2.27. The second-order valence-electron chi connectivity index (χ2n) is 5.52. The molecular weight excluding hydrogens is 200 g/mol. The van der Waals surface area contributed by atoms with Crippen molar-refractivity contribution >= 4 is 8.07 Å². The maximum absolute atomic E-state index is 9.53. The molecule has 1 nitrogen and oxygen atoms in total. The van der Waals surface area contributed by atoms with Crippen LogP contribution in [0.2, 0.25) is 19.6 Å². The van der Waals surface area contributed by atoms with Crippen LogP contribution in [0.25, 0.3) is 0 Å². The largest absolute Gasteiger partial charge is 0.396 e. The minimum atomic E-state index is -1.32. The van der Waals surface area contributed by atoms with Crippen molar-refractivity contribution < 1.29 is 5.11 Å². The lowest BCUT2D eigenvalue weighted by Gasteiger charge is -2.28. The average Bonchev–Trinajstić information content (AvgIpc) is 1.99. The number of aliphatic hydroxyl groups excluding tert-OH is 1. The number of aliphatic hydroxyl groups is 1. The Morgan fingerprint density at radius 1 is 1.07 bits per heavy atom. The maximum Gasteiger partial charge on any atom is 0.0550 e. The molecule has 2 heteroatoms. The van der Waals surface area contributed by atoms with Crippen LogP contribution in [0.1, 0.15) is 22.2 Å². The first-order valence-corrected chi connectivity index (χ1v) is 9.11. The number of rotatable bonds is 3. The molecule has 0 saturated carbocycles. The van der Waals surface area contributed by atoms with Gasteiger partial charge in [-0.25, -0.2) is 0 Å². The molecule has 0 aromatic heterocycles. The van der Waals surface area contributed by atoms with Crippen LogP contribution in [0.5, 0.6) is 0 Å². The Bertz CT molecular complexity index is 319. The number of aryl methyl sites for hydroxylation is 2. The van der Waals surface area contributed by atoms with Crippen LogP contribution in [0.4, 0.5) is 0 Å². The normalized spacial score (nSPS) is 14.0. The summed E-state index contributed by atoms with van der Waals surface area (Å²) >= 11 is 0. The molecule has 0 amide bonds. The van der Waals surface area contributed by atoms with Crippen LogP contribution in [0, 0.1) is 13.8 Å². The van der Waals surface area contributed by atoms with E-state index in [2.05, 4.69) is 51.7 Å². The fraction of sp³-hybridized carbons (Fsp3) is 0.538. The van der Waals surface area contributed by atoms with Crippen molar-refractivity contribution in [2.24, 2.45) is 0 Å². The van der Waals surface area contributed by atoms with Crippen LogP contribution in [0.3, 0.4) is 0 Å². The molecule has 1 rings (SSSR count). The second kappa shape index (κ2) is 4.50. The summed E-state index contributed by atoms with van der Waals surface area (Å²) in [7, 11) is -1.32. The monoisotopic (exact) mass is 222 g/mol. The average molecular weight is 222 g/mol. The Hall–Kier alpha value is -0.603. The van der Waals surface area contributed by atoms with Crippen LogP contribution in [-0.2, 0) is 0 Å². The first-order valence-electron chi connectivity index (χ1n) is 5.53. The van der Waals surface area contributed by atoms with Gasteiger partial charge in [-0.15, -0.1) is 0 Å². The van der Waals surface area contributed by atoms with E-state index in [-0.39, 0.29) is 6.61 Å². The molecule has 1 aromatic rings. The minimum absolute atomic E-state index is 0.276. The predicted octanol–water partition coefficient (Wildman–Crippen LogP) is 3.26. The van der Waals surface area contributed by atoms with Gasteiger partial charge < -0.3 is 5.11 Å². The van der Waals surface area contributed by atoms with Gasteiger partial charge in [-0.2, -0.15) is 0 Å². The standard InChI is InChI=1S/C13H22OSi/c1-10-6-11(2)8-12(7-10)13(9-14)15(3,4)5/h6-8,13-14H,9H2,1-5H3. The lowest BCUT2D eigenvalue weighted by molar-refractivity contribution is 0.290. The fourth-order valence-electron chi connectivity index (χ4n) is 2.09. The van der Waals surface area contributed by atoms with Crippen molar-refractivity contribution in [2.75, 3.05) is 6.61 Å². The van der Waals surface area contributed by atoms with E-state index < -0.39 is 8.07 Å². The topological polar surface area (TPSA) is 20.2 Å². The van der Waals surface area contributed by atoms with Gasteiger partial charge in [0.2, 0.25) is 0 Å². The molecular formula is C13H22OSi. The van der Waals surface area contributed by atoms with Gasteiger partial charge in [0, 0.05) is 12.1 Å². The third-order valence-corrected chi connectivity index (χ3v) is 5.48. The van der Waals surface area contributed by atoms with E-state index in [1.54, 1.807) is 0 Å². The van der Waals surface area contributed by atoms with Crippen LogP contribution >= 0.6 is 0 Å². The van der Waals surface area contributed by atoms with E-state index in [0.29, 0.717) is 5.54 Å². The summed E-state index contributed by atoms with van der Waals surface area (Å²) in [6.45, 7) is 11.4. The highest BCUT2D eigenvalue weighted by molar-refractivity contribution is 6.77. The van der Waals surface area contributed by atoms with Crippen molar-refractivity contribution in [1.29, 1.82) is 0 Å².